The maximum atomic E-state index is 10.8. The molecule has 1 aliphatic rings. The molecule has 1 aliphatic heterocycles. The van der Waals surface area contributed by atoms with Crippen LogP contribution in [-0.2, 0) is 10.2 Å². The van der Waals surface area contributed by atoms with Gasteiger partial charge in [-0.3, -0.25) is 0 Å². The fraction of sp³-hybridized carbons (Fsp3) is 0.405. The molecule has 3 aromatic carbocycles. The van der Waals surface area contributed by atoms with Crippen molar-refractivity contribution in [2.45, 2.75) is 90.9 Å². The Morgan fingerprint density at radius 2 is 1.62 bits per heavy atom. The first-order valence-electron chi connectivity index (χ1n) is 17.5. The molecule has 5 aromatic rings. The van der Waals surface area contributed by atoms with Gasteiger partial charge in [0.25, 0.3) is 0 Å². The highest BCUT2D eigenvalue weighted by Gasteiger charge is 2.43. The molecule has 3 nitrogen and oxygen atoms in total. The molecule has 0 amide bonds. The van der Waals surface area contributed by atoms with E-state index >= 15 is 0 Å². The van der Waals surface area contributed by atoms with E-state index in [0.29, 0.717) is 6.61 Å². The van der Waals surface area contributed by atoms with Crippen molar-refractivity contribution in [1.29, 1.82) is 0 Å². The first kappa shape index (κ1) is 33.8. The number of pyridine rings is 1. The Labute approximate surface area is 287 Å². The van der Waals surface area contributed by atoms with E-state index in [9.17, 15) is 5.11 Å². The lowest BCUT2D eigenvalue weighted by atomic mass is 9.74. The number of hydrogen-bond donors (Lipinski definition) is 1. The third kappa shape index (κ3) is 5.53. The summed E-state index contributed by atoms with van der Waals surface area (Å²) in [7, 11) is 0.278. The van der Waals surface area contributed by atoms with Crippen LogP contribution in [0.25, 0.3) is 42.6 Å². The number of rotatable bonds is 9. The lowest BCUT2D eigenvalue weighted by Crippen LogP contribution is -2.48. The largest absolute Gasteiger partial charge is 0.392 e. The summed E-state index contributed by atoms with van der Waals surface area (Å²) in [6.45, 7) is 19.2. The molecule has 2 unspecified atom stereocenters. The number of methoxy groups -OCH3 is 1. The third-order valence-corrected chi connectivity index (χ3v) is 18.3. The molecule has 1 N–H and O–H groups in total. The average Bonchev–Trinajstić information content (AvgIpc) is 3.42. The second-order valence-corrected chi connectivity index (χ2v) is 20.9. The minimum Gasteiger partial charge on any atom is -0.392 e. The number of fused-ring (bicyclic) bond motifs is 7. The zero-order valence-electron chi connectivity index (χ0n) is 29.8. The number of aliphatic hydroxyl groups is 1. The number of aryl methyl sites for hydroxylation is 1. The molecule has 0 aliphatic carbocycles. The SMILES string of the molecule is CC[Si](CC)(CC)c1ccc(-c2sc3c4[n+](ccc3c2C)C(/C(=C/COC)CO)C(C)c2c-4cc(C(C)(C)C)c3ccccc23)cc1. The Kier molecular flexibility index (Phi) is 9.40. The van der Waals surface area contributed by atoms with Gasteiger partial charge in [0, 0.05) is 34.9 Å². The lowest BCUT2D eigenvalue weighted by molar-refractivity contribution is -0.708. The molecule has 3 heterocycles. The quantitative estimate of drug-likeness (QED) is 0.0968. The maximum Gasteiger partial charge on any atom is 0.231 e. The van der Waals surface area contributed by atoms with Crippen LogP contribution < -0.4 is 9.75 Å². The van der Waals surface area contributed by atoms with Crippen LogP contribution in [0.15, 0.2) is 78.5 Å². The van der Waals surface area contributed by atoms with Gasteiger partial charge in [-0.25, -0.2) is 0 Å². The highest BCUT2D eigenvalue weighted by atomic mass is 32.1. The van der Waals surface area contributed by atoms with Crippen LogP contribution in [0.5, 0.6) is 0 Å². The standard InChI is InChI=1S/C42H52NO2SSi/c1-10-47(11-2,12-3)31-19-17-29(18-20-31)40-27(4)32-21-23-43-38(30(26-44)22-24-45-9)28(5)37-34-16-14-13-15-33(34)36(42(6,7)8)25-35(37)39(43)41(32)46-40/h13-23,25,28,38,44H,10-12,24,26H2,1-9H3/q+1/b30-22+. The Morgan fingerprint density at radius 1 is 0.957 bits per heavy atom. The number of ether oxygens (including phenoxy) is 1. The van der Waals surface area contributed by atoms with Gasteiger partial charge in [0.1, 0.15) is 4.70 Å². The molecule has 6 rings (SSSR count). The van der Waals surface area contributed by atoms with Gasteiger partial charge < -0.3 is 9.84 Å². The topological polar surface area (TPSA) is 33.3 Å². The molecule has 2 aromatic heterocycles. The van der Waals surface area contributed by atoms with E-state index in [1.54, 1.807) is 12.3 Å². The van der Waals surface area contributed by atoms with Crippen molar-refractivity contribution in [2.75, 3.05) is 20.3 Å². The number of aliphatic hydroxyl groups excluding tert-OH is 1. The molecule has 0 spiro atoms. The predicted octanol–water partition coefficient (Wildman–Crippen LogP) is 10.2. The molecule has 0 radical (unpaired) electrons. The van der Waals surface area contributed by atoms with E-state index in [1.807, 2.05) is 11.3 Å². The van der Waals surface area contributed by atoms with Crippen molar-refractivity contribution in [3.8, 4) is 21.7 Å². The fourth-order valence-electron chi connectivity index (χ4n) is 8.43. The molecule has 0 saturated carbocycles. The van der Waals surface area contributed by atoms with Gasteiger partial charge in [0.2, 0.25) is 5.69 Å². The smallest absolute Gasteiger partial charge is 0.231 e. The number of benzene rings is 3. The van der Waals surface area contributed by atoms with E-state index < -0.39 is 8.07 Å². The van der Waals surface area contributed by atoms with Gasteiger partial charge in [-0.2, -0.15) is 4.57 Å². The summed E-state index contributed by atoms with van der Waals surface area (Å²) in [6, 6.07) is 27.3. The highest BCUT2D eigenvalue weighted by molar-refractivity contribution is 7.23. The number of thiophene rings is 1. The molecular formula is C42H52NO2SSi+. The fourth-order valence-corrected chi connectivity index (χ4v) is 13.4. The van der Waals surface area contributed by atoms with Gasteiger partial charge in [0.15, 0.2) is 12.2 Å². The van der Waals surface area contributed by atoms with Gasteiger partial charge in [-0.1, -0.05) is 126 Å². The third-order valence-electron chi connectivity index (χ3n) is 11.3. The minimum atomic E-state index is -1.44. The van der Waals surface area contributed by atoms with E-state index in [4.69, 9.17) is 4.74 Å². The Bertz CT molecular complexity index is 1950. The number of hydrogen-bond acceptors (Lipinski definition) is 3. The van der Waals surface area contributed by atoms with Gasteiger partial charge in [0.05, 0.1) is 26.9 Å². The molecule has 246 valence electrons. The van der Waals surface area contributed by atoms with Crippen LogP contribution in [0.3, 0.4) is 0 Å². The van der Waals surface area contributed by atoms with Gasteiger partial charge in [-0.05, 0) is 51.4 Å². The van der Waals surface area contributed by atoms with Gasteiger partial charge in [-0.15, -0.1) is 11.3 Å². The summed E-state index contributed by atoms with van der Waals surface area (Å²) >= 11 is 1.93. The average molecular weight is 663 g/mol. The van der Waals surface area contributed by atoms with E-state index in [-0.39, 0.29) is 24.0 Å². The first-order chi connectivity index (χ1) is 22.5. The van der Waals surface area contributed by atoms with Gasteiger partial charge >= 0.3 is 0 Å². The summed E-state index contributed by atoms with van der Waals surface area (Å²) in [6.07, 6.45) is 4.36. The lowest BCUT2D eigenvalue weighted by Gasteiger charge is -2.33. The molecule has 0 saturated heterocycles. The second-order valence-electron chi connectivity index (χ2n) is 14.6. The van der Waals surface area contributed by atoms with Crippen LogP contribution in [0, 0.1) is 6.92 Å². The second kappa shape index (κ2) is 13.1. The number of aromatic nitrogens is 1. The Hall–Kier alpha value is -3.09. The molecule has 0 fully saturated rings. The normalized spacial score (nSPS) is 16.9. The molecule has 2 atom stereocenters. The van der Waals surface area contributed by atoms with E-state index in [0.717, 1.165) is 5.57 Å². The Morgan fingerprint density at radius 3 is 2.21 bits per heavy atom. The number of nitrogens with zero attached hydrogens (tertiary/aromatic N) is 1. The monoisotopic (exact) mass is 662 g/mol. The van der Waals surface area contributed by atoms with Crippen molar-refractivity contribution < 1.29 is 14.4 Å². The van der Waals surface area contributed by atoms with Crippen molar-refractivity contribution >= 4 is 45.5 Å². The summed E-state index contributed by atoms with van der Waals surface area (Å²) in [4.78, 5) is 1.35. The maximum absolute atomic E-state index is 10.8. The van der Waals surface area contributed by atoms with E-state index in [1.165, 1.54) is 77.4 Å². The van der Waals surface area contributed by atoms with E-state index in [2.05, 4.69) is 133 Å². The predicted molar refractivity (Wildman–Crippen MR) is 205 cm³/mol. The molecule has 0 bridgehead atoms. The van der Waals surface area contributed by atoms with Crippen LogP contribution in [0.2, 0.25) is 18.1 Å². The highest BCUT2D eigenvalue weighted by Crippen LogP contribution is 2.51. The van der Waals surface area contributed by atoms with Crippen molar-refractivity contribution in [1.82, 2.24) is 0 Å². The van der Waals surface area contributed by atoms with Crippen molar-refractivity contribution in [3.05, 3.63) is 95.2 Å². The van der Waals surface area contributed by atoms with Crippen LogP contribution >= 0.6 is 11.3 Å². The van der Waals surface area contributed by atoms with Crippen LogP contribution in [-0.4, -0.2) is 33.5 Å². The summed E-state index contributed by atoms with van der Waals surface area (Å²) in [5.74, 6) is 0.155. The van der Waals surface area contributed by atoms with Crippen LogP contribution in [0.4, 0.5) is 0 Å². The zero-order valence-corrected chi connectivity index (χ0v) is 31.6. The van der Waals surface area contributed by atoms with Crippen LogP contribution in [0.1, 0.15) is 77.1 Å². The molecule has 47 heavy (non-hydrogen) atoms. The van der Waals surface area contributed by atoms with Crippen molar-refractivity contribution in [3.63, 3.8) is 0 Å². The molecule has 5 heteroatoms. The summed E-state index contributed by atoms with van der Waals surface area (Å²) in [5.41, 5.74) is 8.96. The first-order valence-corrected chi connectivity index (χ1v) is 20.9. The minimum absolute atomic E-state index is 0.00463. The summed E-state index contributed by atoms with van der Waals surface area (Å²) in [5, 5.41) is 16.3. The molecular weight excluding hydrogens is 611 g/mol. The Balaban J connectivity index is 1.66. The van der Waals surface area contributed by atoms with Crippen molar-refractivity contribution in [2.24, 2.45) is 0 Å². The zero-order chi connectivity index (χ0) is 33.7. The summed E-state index contributed by atoms with van der Waals surface area (Å²) < 4.78 is 9.26.